The van der Waals surface area contributed by atoms with Crippen LogP contribution in [0.5, 0.6) is 11.5 Å². The lowest BCUT2D eigenvalue weighted by molar-refractivity contribution is -0.113. The van der Waals surface area contributed by atoms with Gasteiger partial charge in [-0.05, 0) is 49.4 Å². The zero-order valence-electron chi connectivity index (χ0n) is 14.4. The first-order valence-electron chi connectivity index (χ1n) is 8.02. The predicted molar refractivity (Wildman–Crippen MR) is 107 cm³/mol. The summed E-state index contributed by atoms with van der Waals surface area (Å²) in [4.78, 5) is 30.2. The minimum Gasteiger partial charge on any atom is -0.457 e. The van der Waals surface area contributed by atoms with Crippen LogP contribution in [0.15, 0.2) is 64.5 Å². The van der Waals surface area contributed by atoms with Crippen LogP contribution in [0.3, 0.4) is 0 Å². The Bertz CT molecular complexity index is 1010. The molecule has 8 heteroatoms. The first-order chi connectivity index (χ1) is 13.0. The molecule has 0 unspecified atom stereocenters. The molecule has 1 amide bonds. The molecule has 1 aromatic heterocycles. The fourth-order valence-electron chi connectivity index (χ4n) is 2.22. The largest absolute Gasteiger partial charge is 0.457 e. The molecule has 2 aromatic carbocycles. The number of H-pyrrole nitrogens is 1. The lowest BCUT2D eigenvalue weighted by Gasteiger charge is -2.08. The van der Waals surface area contributed by atoms with Gasteiger partial charge in [0.2, 0.25) is 5.91 Å². The van der Waals surface area contributed by atoms with E-state index in [4.69, 9.17) is 16.3 Å². The molecule has 0 aliphatic heterocycles. The maximum absolute atomic E-state index is 12.1. The number of carbonyl (C=O) groups excluding carboxylic acids is 1. The van der Waals surface area contributed by atoms with Gasteiger partial charge in [-0.15, -0.1) is 0 Å². The Morgan fingerprint density at radius 1 is 1.19 bits per heavy atom. The van der Waals surface area contributed by atoms with E-state index in [9.17, 15) is 9.59 Å². The summed E-state index contributed by atoms with van der Waals surface area (Å²) in [5.74, 6) is 1.20. The minimum atomic E-state index is -0.235. The van der Waals surface area contributed by atoms with Crippen molar-refractivity contribution in [1.29, 1.82) is 0 Å². The Hall–Kier alpha value is -2.77. The van der Waals surface area contributed by atoms with E-state index in [0.717, 1.165) is 0 Å². The van der Waals surface area contributed by atoms with Crippen LogP contribution in [0.25, 0.3) is 0 Å². The highest BCUT2D eigenvalue weighted by atomic mass is 35.5. The van der Waals surface area contributed by atoms with E-state index in [-0.39, 0.29) is 17.2 Å². The van der Waals surface area contributed by atoms with Crippen molar-refractivity contribution >= 4 is 35.0 Å². The molecule has 0 atom stereocenters. The molecule has 0 aliphatic carbocycles. The number of carbonyl (C=O) groups is 1. The fraction of sp³-hybridized carbons (Fsp3) is 0.105. The molecule has 2 N–H and O–H groups in total. The van der Waals surface area contributed by atoms with Crippen molar-refractivity contribution in [3.05, 3.63) is 75.7 Å². The number of aromatic amines is 1. The van der Waals surface area contributed by atoms with Crippen LogP contribution < -0.4 is 15.6 Å². The molecule has 3 rings (SSSR count). The van der Waals surface area contributed by atoms with E-state index in [1.54, 1.807) is 49.4 Å². The summed E-state index contributed by atoms with van der Waals surface area (Å²) in [6.07, 6.45) is 0. The predicted octanol–water partition coefficient (Wildman–Crippen LogP) is 4.25. The van der Waals surface area contributed by atoms with Gasteiger partial charge in [-0.1, -0.05) is 29.4 Å². The van der Waals surface area contributed by atoms with Crippen LogP contribution in [0.2, 0.25) is 5.02 Å². The Kier molecular flexibility index (Phi) is 6.16. The highest BCUT2D eigenvalue weighted by Crippen LogP contribution is 2.25. The standard InChI is InChI=1S/C19H16ClN3O3S/c1-12-9-17(24)23-19(21-12)27-11-18(25)22-14-5-7-15(8-6-14)26-16-4-2-3-13(20)10-16/h2-10H,11H2,1H3,(H,22,25)(H,21,23,24). The molecule has 0 saturated carbocycles. The molecule has 0 aliphatic rings. The molecule has 138 valence electrons. The highest BCUT2D eigenvalue weighted by Gasteiger charge is 2.07. The summed E-state index contributed by atoms with van der Waals surface area (Å²) in [5.41, 5.74) is 1.02. The van der Waals surface area contributed by atoms with Gasteiger partial charge < -0.3 is 15.0 Å². The molecule has 1 heterocycles. The van der Waals surface area contributed by atoms with E-state index >= 15 is 0 Å². The van der Waals surface area contributed by atoms with Crippen molar-refractivity contribution in [2.45, 2.75) is 12.1 Å². The molecule has 27 heavy (non-hydrogen) atoms. The first-order valence-corrected chi connectivity index (χ1v) is 9.38. The van der Waals surface area contributed by atoms with Crippen molar-refractivity contribution in [3.63, 3.8) is 0 Å². The van der Waals surface area contributed by atoms with Crippen molar-refractivity contribution in [2.75, 3.05) is 11.1 Å². The van der Waals surface area contributed by atoms with Crippen LogP contribution in [-0.2, 0) is 4.79 Å². The topological polar surface area (TPSA) is 84.1 Å². The van der Waals surface area contributed by atoms with E-state index in [0.29, 0.717) is 33.1 Å². The van der Waals surface area contributed by atoms with Gasteiger partial charge in [0.05, 0.1) is 5.75 Å². The molecule has 0 radical (unpaired) electrons. The molecular weight excluding hydrogens is 386 g/mol. The summed E-state index contributed by atoms with van der Waals surface area (Å²) in [5, 5.41) is 3.80. The third-order valence-corrected chi connectivity index (χ3v) is 4.47. The number of ether oxygens (including phenoxy) is 1. The van der Waals surface area contributed by atoms with Gasteiger partial charge in [-0.2, -0.15) is 0 Å². The summed E-state index contributed by atoms with van der Waals surface area (Å²) < 4.78 is 5.70. The number of nitrogens with zero attached hydrogens (tertiary/aromatic N) is 1. The van der Waals surface area contributed by atoms with Gasteiger partial charge in [0.15, 0.2) is 5.16 Å². The molecule has 0 spiro atoms. The number of amides is 1. The fourth-order valence-corrected chi connectivity index (χ4v) is 3.13. The average molecular weight is 402 g/mol. The Labute approximate surface area is 164 Å². The maximum Gasteiger partial charge on any atom is 0.251 e. The summed E-state index contributed by atoms with van der Waals surface area (Å²) in [6, 6.07) is 15.5. The number of aromatic nitrogens is 2. The number of nitrogens with one attached hydrogen (secondary N) is 2. The Morgan fingerprint density at radius 2 is 1.96 bits per heavy atom. The third-order valence-electron chi connectivity index (χ3n) is 3.36. The quantitative estimate of drug-likeness (QED) is 0.476. The van der Waals surface area contributed by atoms with E-state index < -0.39 is 0 Å². The number of anilines is 1. The molecule has 3 aromatic rings. The summed E-state index contributed by atoms with van der Waals surface area (Å²) in [6.45, 7) is 1.73. The Morgan fingerprint density at radius 3 is 2.67 bits per heavy atom. The minimum absolute atomic E-state index is 0.132. The molecule has 6 nitrogen and oxygen atoms in total. The summed E-state index contributed by atoms with van der Waals surface area (Å²) in [7, 11) is 0. The van der Waals surface area contributed by atoms with Crippen molar-refractivity contribution in [1.82, 2.24) is 9.97 Å². The van der Waals surface area contributed by atoms with E-state index in [1.165, 1.54) is 17.8 Å². The van der Waals surface area contributed by atoms with Crippen LogP contribution in [0.1, 0.15) is 5.69 Å². The number of thioether (sulfide) groups is 1. The average Bonchev–Trinajstić information content (AvgIpc) is 2.61. The first kappa shape index (κ1) is 19.0. The van der Waals surface area contributed by atoms with Gasteiger partial charge in [0.25, 0.3) is 5.56 Å². The number of aryl methyl sites for hydroxylation is 1. The third kappa shape index (κ3) is 5.87. The van der Waals surface area contributed by atoms with Gasteiger partial charge >= 0.3 is 0 Å². The lowest BCUT2D eigenvalue weighted by atomic mass is 10.3. The smallest absolute Gasteiger partial charge is 0.251 e. The number of benzene rings is 2. The lowest BCUT2D eigenvalue weighted by Crippen LogP contribution is -2.15. The van der Waals surface area contributed by atoms with Gasteiger partial charge in [0, 0.05) is 22.5 Å². The molecule has 0 saturated heterocycles. The maximum atomic E-state index is 12.1. The van der Waals surface area contributed by atoms with Gasteiger partial charge in [-0.25, -0.2) is 4.98 Å². The second-order valence-electron chi connectivity index (χ2n) is 5.61. The monoisotopic (exact) mass is 401 g/mol. The zero-order valence-corrected chi connectivity index (χ0v) is 15.9. The van der Waals surface area contributed by atoms with Crippen LogP contribution in [-0.4, -0.2) is 21.6 Å². The number of hydrogen-bond acceptors (Lipinski definition) is 5. The molecule has 0 bridgehead atoms. The van der Waals surface area contributed by atoms with Crippen LogP contribution in [0, 0.1) is 6.92 Å². The zero-order chi connectivity index (χ0) is 19.2. The Balaban J connectivity index is 1.54. The normalized spacial score (nSPS) is 10.4. The number of rotatable bonds is 6. The van der Waals surface area contributed by atoms with Crippen molar-refractivity contribution < 1.29 is 9.53 Å². The van der Waals surface area contributed by atoms with Gasteiger partial charge in [-0.3, -0.25) is 9.59 Å². The highest BCUT2D eigenvalue weighted by molar-refractivity contribution is 7.99. The second kappa shape index (κ2) is 8.75. The number of halogens is 1. The van der Waals surface area contributed by atoms with E-state index in [1.807, 2.05) is 6.07 Å². The van der Waals surface area contributed by atoms with Gasteiger partial charge in [0.1, 0.15) is 11.5 Å². The van der Waals surface area contributed by atoms with Crippen LogP contribution >= 0.6 is 23.4 Å². The van der Waals surface area contributed by atoms with Crippen LogP contribution in [0.4, 0.5) is 5.69 Å². The number of hydrogen-bond donors (Lipinski definition) is 2. The second-order valence-corrected chi connectivity index (χ2v) is 7.01. The van der Waals surface area contributed by atoms with Crippen molar-refractivity contribution in [3.8, 4) is 11.5 Å². The SMILES string of the molecule is Cc1cc(=O)[nH]c(SCC(=O)Nc2ccc(Oc3cccc(Cl)c3)cc2)n1. The molecule has 0 fully saturated rings. The molecular formula is C19H16ClN3O3S. The summed E-state index contributed by atoms with van der Waals surface area (Å²) >= 11 is 7.10. The van der Waals surface area contributed by atoms with E-state index in [2.05, 4.69) is 15.3 Å². The van der Waals surface area contributed by atoms with Crippen molar-refractivity contribution in [2.24, 2.45) is 0 Å².